The van der Waals surface area contributed by atoms with Gasteiger partial charge in [-0.05, 0) is 35.1 Å². The van der Waals surface area contributed by atoms with Gasteiger partial charge in [0.25, 0.3) is 0 Å². The molecule has 2 aliphatic rings. The highest BCUT2D eigenvalue weighted by molar-refractivity contribution is 5.89. The van der Waals surface area contributed by atoms with E-state index in [9.17, 15) is 19.5 Å². The Kier molecular flexibility index (Phi) is 7.27. The van der Waals surface area contributed by atoms with Crippen LogP contribution < -0.4 is 10.6 Å². The highest BCUT2D eigenvalue weighted by Gasteiger charge is 2.30. The molecular formula is C26H30N2O5. The Hall–Kier alpha value is -3.35. The van der Waals surface area contributed by atoms with Crippen molar-refractivity contribution in [2.75, 3.05) is 6.61 Å². The Morgan fingerprint density at radius 1 is 0.909 bits per heavy atom. The van der Waals surface area contributed by atoms with E-state index in [0.717, 1.165) is 60.8 Å². The summed E-state index contributed by atoms with van der Waals surface area (Å²) in [5.74, 6) is -1.74. The minimum absolute atomic E-state index is 0.0145. The monoisotopic (exact) mass is 450 g/mol. The van der Waals surface area contributed by atoms with E-state index in [1.807, 2.05) is 36.4 Å². The Morgan fingerprint density at radius 3 is 2.06 bits per heavy atom. The van der Waals surface area contributed by atoms with E-state index in [1.165, 1.54) is 0 Å². The molecule has 0 aromatic heterocycles. The molecule has 33 heavy (non-hydrogen) atoms. The van der Waals surface area contributed by atoms with E-state index in [1.54, 1.807) is 0 Å². The lowest BCUT2D eigenvalue weighted by Gasteiger charge is -2.22. The lowest BCUT2D eigenvalue weighted by molar-refractivity contribution is -0.140. The second-order valence-corrected chi connectivity index (χ2v) is 8.82. The average molecular weight is 451 g/mol. The number of aliphatic carboxylic acids is 1. The molecule has 0 spiro atoms. The number of carboxylic acids is 1. The van der Waals surface area contributed by atoms with E-state index in [4.69, 9.17) is 4.74 Å². The summed E-state index contributed by atoms with van der Waals surface area (Å²) in [6.45, 7) is 0.101. The summed E-state index contributed by atoms with van der Waals surface area (Å²) >= 11 is 0. The van der Waals surface area contributed by atoms with Crippen molar-refractivity contribution in [2.45, 2.75) is 62.9 Å². The van der Waals surface area contributed by atoms with Crippen molar-refractivity contribution in [1.82, 2.24) is 10.6 Å². The van der Waals surface area contributed by atoms with Crippen molar-refractivity contribution < 1.29 is 24.2 Å². The molecule has 4 rings (SSSR count). The largest absolute Gasteiger partial charge is 0.481 e. The molecule has 7 nitrogen and oxygen atoms in total. The zero-order valence-corrected chi connectivity index (χ0v) is 18.6. The SMILES string of the molecule is O=C(O)CC(NC(=O)OCC1c2ccccc2-c2ccccc21)C(=O)NC1CCCCCC1. The molecule has 2 aliphatic carbocycles. The number of nitrogens with one attached hydrogen (secondary N) is 2. The summed E-state index contributed by atoms with van der Waals surface area (Å²) < 4.78 is 5.49. The summed E-state index contributed by atoms with van der Waals surface area (Å²) in [4.78, 5) is 36.6. The molecule has 2 aromatic carbocycles. The van der Waals surface area contributed by atoms with Gasteiger partial charge < -0.3 is 20.5 Å². The maximum atomic E-state index is 12.7. The van der Waals surface area contributed by atoms with Crippen molar-refractivity contribution in [3.63, 3.8) is 0 Å². The molecule has 1 fully saturated rings. The van der Waals surface area contributed by atoms with E-state index < -0.39 is 30.4 Å². The summed E-state index contributed by atoms with van der Waals surface area (Å²) in [7, 11) is 0. The van der Waals surface area contributed by atoms with Crippen LogP contribution in [0.2, 0.25) is 0 Å². The summed E-state index contributed by atoms with van der Waals surface area (Å²) in [5.41, 5.74) is 4.40. The molecule has 7 heteroatoms. The number of hydrogen-bond donors (Lipinski definition) is 3. The maximum Gasteiger partial charge on any atom is 0.407 e. The van der Waals surface area contributed by atoms with Crippen LogP contribution in [0.4, 0.5) is 4.79 Å². The molecule has 1 unspecified atom stereocenters. The molecule has 2 amide bonds. The number of carboxylic acid groups (broad SMARTS) is 1. The second-order valence-electron chi connectivity index (χ2n) is 8.82. The van der Waals surface area contributed by atoms with Gasteiger partial charge in [-0.3, -0.25) is 9.59 Å². The number of fused-ring (bicyclic) bond motifs is 3. The Morgan fingerprint density at radius 2 is 1.48 bits per heavy atom. The lowest BCUT2D eigenvalue weighted by Crippen LogP contribution is -2.50. The van der Waals surface area contributed by atoms with Gasteiger partial charge in [-0.25, -0.2) is 4.79 Å². The fraction of sp³-hybridized carbons (Fsp3) is 0.423. The molecular weight excluding hydrogens is 420 g/mol. The van der Waals surface area contributed by atoms with Gasteiger partial charge in [0.05, 0.1) is 6.42 Å². The van der Waals surface area contributed by atoms with Crippen LogP contribution in [0.15, 0.2) is 48.5 Å². The van der Waals surface area contributed by atoms with E-state index in [-0.39, 0.29) is 18.6 Å². The van der Waals surface area contributed by atoms with Crippen LogP contribution in [0, 0.1) is 0 Å². The van der Waals surface area contributed by atoms with Crippen molar-refractivity contribution in [2.24, 2.45) is 0 Å². The molecule has 3 N–H and O–H groups in total. The standard InChI is InChI=1S/C26H30N2O5/c29-24(30)15-23(25(31)27-17-9-3-1-2-4-10-17)28-26(32)33-16-22-20-13-7-5-11-18(20)19-12-6-8-14-21(19)22/h5-8,11-14,17,22-23H,1-4,9-10,15-16H2,(H,27,31)(H,28,32)(H,29,30). The predicted molar refractivity (Wildman–Crippen MR) is 124 cm³/mol. The fourth-order valence-corrected chi connectivity index (χ4v) is 4.89. The third kappa shape index (κ3) is 5.53. The van der Waals surface area contributed by atoms with Gasteiger partial charge in [0.15, 0.2) is 0 Å². The first-order chi connectivity index (χ1) is 16.0. The number of alkyl carbamates (subject to hydrolysis) is 1. The quantitative estimate of drug-likeness (QED) is 0.548. The van der Waals surface area contributed by atoms with Crippen molar-refractivity contribution in [3.05, 3.63) is 59.7 Å². The second kappa shape index (κ2) is 10.5. The molecule has 0 heterocycles. The van der Waals surface area contributed by atoms with Crippen LogP contribution in [0.25, 0.3) is 11.1 Å². The Bertz CT molecular complexity index is 968. The minimum Gasteiger partial charge on any atom is -0.481 e. The Labute approximate surface area is 193 Å². The number of amides is 2. The molecule has 0 bridgehead atoms. The lowest BCUT2D eigenvalue weighted by atomic mass is 9.98. The molecule has 0 radical (unpaired) electrons. The first kappa shape index (κ1) is 22.8. The van der Waals surface area contributed by atoms with Crippen LogP contribution in [-0.2, 0) is 14.3 Å². The topological polar surface area (TPSA) is 105 Å². The molecule has 1 atom stereocenters. The van der Waals surface area contributed by atoms with E-state index in [2.05, 4.69) is 22.8 Å². The highest BCUT2D eigenvalue weighted by atomic mass is 16.5. The van der Waals surface area contributed by atoms with Crippen LogP contribution in [0.5, 0.6) is 0 Å². The van der Waals surface area contributed by atoms with E-state index in [0.29, 0.717) is 0 Å². The van der Waals surface area contributed by atoms with Crippen LogP contribution >= 0.6 is 0 Å². The van der Waals surface area contributed by atoms with Crippen molar-refractivity contribution >= 4 is 18.0 Å². The normalized spacial score (nSPS) is 16.7. The van der Waals surface area contributed by atoms with Gasteiger partial charge >= 0.3 is 12.1 Å². The number of carbonyl (C=O) groups excluding carboxylic acids is 2. The first-order valence-electron chi connectivity index (χ1n) is 11.7. The number of ether oxygens (including phenoxy) is 1. The zero-order chi connectivity index (χ0) is 23.2. The van der Waals surface area contributed by atoms with Gasteiger partial charge in [0.2, 0.25) is 5.91 Å². The van der Waals surface area contributed by atoms with Crippen molar-refractivity contribution in [3.8, 4) is 11.1 Å². The fourth-order valence-electron chi connectivity index (χ4n) is 4.89. The van der Waals surface area contributed by atoms with Crippen LogP contribution in [-0.4, -0.2) is 41.8 Å². The van der Waals surface area contributed by atoms with Gasteiger partial charge in [0, 0.05) is 12.0 Å². The van der Waals surface area contributed by atoms with Crippen molar-refractivity contribution in [1.29, 1.82) is 0 Å². The Balaban J connectivity index is 1.38. The molecule has 1 saturated carbocycles. The first-order valence-corrected chi connectivity index (χ1v) is 11.7. The maximum absolute atomic E-state index is 12.7. The molecule has 0 aliphatic heterocycles. The third-order valence-electron chi connectivity index (χ3n) is 6.53. The smallest absolute Gasteiger partial charge is 0.407 e. The predicted octanol–water partition coefficient (Wildman–Crippen LogP) is 4.21. The molecule has 2 aromatic rings. The minimum atomic E-state index is -1.18. The highest BCUT2D eigenvalue weighted by Crippen LogP contribution is 2.44. The van der Waals surface area contributed by atoms with Gasteiger partial charge in [-0.15, -0.1) is 0 Å². The van der Waals surface area contributed by atoms with Crippen LogP contribution in [0.1, 0.15) is 62.0 Å². The van der Waals surface area contributed by atoms with Crippen LogP contribution in [0.3, 0.4) is 0 Å². The summed E-state index contributed by atoms with van der Waals surface area (Å²) in [6, 6.07) is 14.9. The van der Waals surface area contributed by atoms with E-state index >= 15 is 0 Å². The number of hydrogen-bond acceptors (Lipinski definition) is 4. The number of rotatable bonds is 7. The summed E-state index contributed by atoms with van der Waals surface area (Å²) in [5, 5.41) is 14.6. The number of benzene rings is 2. The average Bonchev–Trinajstić information content (AvgIpc) is 2.92. The van der Waals surface area contributed by atoms with Gasteiger partial charge in [0.1, 0.15) is 12.6 Å². The third-order valence-corrected chi connectivity index (χ3v) is 6.53. The molecule has 0 saturated heterocycles. The molecule has 174 valence electrons. The van der Waals surface area contributed by atoms with Gasteiger partial charge in [-0.2, -0.15) is 0 Å². The number of carbonyl (C=O) groups is 3. The van der Waals surface area contributed by atoms with Gasteiger partial charge in [-0.1, -0.05) is 74.2 Å². The zero-order valence-electron chi connectivity index (χ0n) is 18.6. The summed E-state index contributed by atoms with van der Waals surface area (Å²) in [6.07, 6.45) is 4.81.